The molecule has 24 heavy (non-hydrogen) atoms. The van der Waals surface area contributed by atoms with Crippen molar-refractivity contribution >= 4 is 52.8 Å². The van der Waals surface area contributed by atoms with Crippen molar-refractivity contribution in [1.29, 1.82) is 0 Å². The van der Waals surface area contributed by atoms with Crippen molar-refractivity contribution in [3.63, 3.8) is 0 Å². The molecule has 4 heteroatoms. The zero-order chi connectivity index (χ0) is 17.1. The summed E-state index contributed by atoms with van der Waals surface area (Å²) in [4.78, 5) is 24.4. The van der Waals surface area contributed by atoms with Crippen molar-refractivity contribution < 1.29 is 9.59 Å². The van der Waals surface area contributed by atoms with Gasteiger partial charge in [-0.25, -0.2) is 0 Å². The smallest absolute Gasteiger partial charge is 0.223 e. The third-order valence-electron chi connectivity index (χ3n) is 3.75. The predicted octanol–water partition coefficient (Wildman–Crippen LogP) is 6.17. The molecular weight excluding hydrogens is 526 g/mol. The Balaban J connectivity index is 2.45. The Kier molecular flexibility index (Phi) is 5.45. The van der Waals surface area contributed by atoms with Crippen LogP contribution in [-0.4, -0.2) is 7.58 Å². The zero-order valence-corrected chi connectivity index (χ0v) is 16.8. The summed E-state index contributed by atoms with van der Waals surface area (Å²) in [6.45, 7) is 0. The Morgan fingerprint density at radius 3 is 1.17 bits per heavy atom. The largest absolute Gasteiger partial charge is 0.282 e. The highest BCUT2D eigenvalue weighted by atomic mass is 127. The Morgan fingerprint density at radius 1 is 0.542 bits per heavy atom. The summed E-state index contributed by atoms with van der Waals surface area (Å²) in [5.41, 5.74) is 4.70. The topological polar surface area (TPSA) is 34.1 Å². The van der Waals surface area contributed by atoms with Crippen LogP contribution in [0, 0.1) is 0 Å². The van der Waals surface area contributed by atoms with Gasteiger partial charge in [-0.15, -0.1) is 0 Å². The van der Waals surface area contributed by atoms with E-state index in [0.29, 0.717) is 11.1 Å². The molecule has 3 rings (SSSR count). The standard InChI is InChI=1S/C20H12I2O2/c21-19(23)15-11-12-16(20(22)24)18(14-9-5-2-6-10-14)17(15)13-7-3-1-4-8-13/h1-12H. The van der Waals surface area contributed by atoms with Crippen LogP contribution in [0.15, 0.2) is 72.8 Å². The van der Waals surface area contributed by atoms with Crippen LogP contribution in [0.25, 0.3) is 22.3 Å². The quantitative estimate of drug-likeness (QED) is 0.294. The number of hydrogen-bond donors (Lipinski definition) is 0. The zero-order valence-electron chi connectivity index (χ0n) is 12.5. The van der Waals surface area contributed by atoms with E-state index in [2.05, 4.69) is 0 Å². The van der Waals surface area contributed by atoms with Gasteiger partial charge < -0.3 is 0 Å². The summed E-state index contributed by atoms with van der Waals surface area (Å²) in [5.74, 6) is 0. The van der Waals surface area contributed by atoms with E-state index in [1.165, 1.54) is 0 Å². The van der Waals surface area contributed by atoms with Crippen LogP contribution in [0.3, 0.4) is 0 Å². The lowest BCUT2D eigenvalue weighted by atomic mass is 9.87. The summed E-state index contributed by atoms with van der Waals surface area (Å²) >= 11 is 3.60. The Hall–Kier alpha value is -1.54. The molecule has 118 valence electrons. The molecule has 0 fully saturated rings. The Bertz CT molecular complexity index is 827. The first-order valence-electron chi connectivity index (χ1n) is 7.27. The molecule has 0 saturated carbocycles. The second-order valence-electron chi connectivity index (χ2n) is 5.19. The van der Waals surface area contributed by atoms with Crippen molar-refractivity contribution in [2.45, 2.75) is 0 Å². The van der Waals surface area contributed by atoms with Gasteiger partial charge >= 0.3 is 0 Å². The van der Waals surface area contributed by atoms with Gasteiger partial charge in [0.1, 0.15) is 0 Å². The molecule has 0 radical (unpaired) electrons. The van der Waals surface area contributed by atoms with Crippen molar-refractivity contribution in [2.75, 3.05) is 0 Å². The highest BCUT2D eigenvalue weighted by Gasteiger charge is 2.21. The molecule has 0 amide bonds. The van der Waals surface area contributed by atoms with E-state index in [1.807, 2.05) is 60.7 Å². The fourth-order valence-electron chi connectivity index (χ4n) is 2.74. The fourth-order valence-corrected chi connectivity index (χ4v) is 3.64. The molecule has 2 nitrogen and oxygen atoms in total. The van der Waals surface area contributed by atoms with Gasteiger partial charge in [0.15, 0.2) is 0 Å². The fraction of sp³-hybridized carbons (Fsp3) is 0. The number of hydrogen-bond acceptors (Lipinski definition) is 2. The molecule has 0 spiro atoms. The van der Waals surface area contributed by atoms with Crippen LogP contribution in [0.1, 0.15) is 20.7 Å². The van der Waals surface area contributed by atoms with Gasteiger partial charge in [-0.1, -0.05) is 60.7 Å². The van der Waals surface area contributed by atoms with Crippen molar-refractivity contribution in [1.82, 2.24) is 0 Å². The van der Waals surface area contributed by atoms with Crippen molar-refractivity contribution in [3.05, 3.63) is 83.9 Å². The van der Waals surface area contributed by atoms with Crippen LogP contribution in [0.2, 0.25) is 0 Å². The summed E-state index contributed by atoms with van der Waals surface area (Å²) < 4.78 is -0.0906. The summed E-state index contributed by atoms with van der Waals surface area (Å²) in [7, 11) is 0. The number of halogens is 2. The van der Waals surface area contributed by atoms with Gasteiger partial charge in [-0.05, 0) is 23.3 Å². The molecule has 0 N–H and O–H groups in total. The number of carbonyl (C=O) groups is 2. The van der Waals surface area contributed by atoms with Crippen LogP contribution in [0.5, 0.6) is 0 Å². The number of benzene rings is 3. The van der Waals surface area contributed by atoms with Crippen LogP contribution in [0.4, 0.5) is 0 Å². The number of carbonyl (C=O) groups excluding carboxylic acids is 2. The first kappa shape index (κ1) is 17.3. The minimum Gasteiger partial charge on any atom is -0.282 e. The highest BCUT2D eigenvalue weighted by molar-refractivity contribution is 14.1. The second kappa shape index (κ2) is 7.57. The van der Waals surface area contributed by atoms with E-state index < -0.39 is 0 Å². The van der Waals surface area contributed by atoms with Gasteiger partial charge in [0.2, 0.25) is 7.58 Å². The molecule has 0 aliphatic rings. The van der Waals surface area contributed by atoms with E-state index in [9.17, 15) is 9.59 Å². The Morgan fingerprint density at radius 2 is 0.875 bits per heavy atom. The van der Waals surface area contributed by atoms with Gasteiger partial charge in [-0.3, -0.25) is 9.59 Å². The molecule has 3 aromatic carbocycles. The molecule has 0 heterocycles. The lowest BCUT2D eigenvalue weighted by Crippen LogP contribution is -2.02. The molecule has 0 atom stereocenters. The SMILES string of the molecule is O=C(I)c1ccc(C(=O)I)c(-c2ccccc2)c1-c1ccccc1. The minimum atomic E-state index is -0.0453. The molecule has 0 saturated heterocycles. The maximum atomic E-state index is 12.2. The predicted molar refractivity (Wildman–Crippen MR) is 114 cm³/mol. The van der Waals surface area contributed by atoms with Gasteiger partial charge in [0.05, 0.1) is 0 Å². The maximum absolute atomic E-state index is 12.2. The van der Waals surface area contributed by atoms with Gasteiger partial charge in [-0.2, -0.15) is 0 Å². The lowest BCUT2D eigenvalue weighted by Gasteiger charge is -2.17. The molecule has 0 unspecified atom stereocenters. The summed E-state index contributed by atoms with van der Waals surface area (Å²) in [6, 6.07) is 23.0. The van der Waals surface area contributed by atoms with Crippen molar-refractivity contribution in [2.24, 2.45) is 0 Å². The average Bonchev–Trinajstić information content (AvgIpc) is 2.61. The summed E-state index contributed by atoms with van der Waals surface area (Å²) in [5, 5.41) is 0. The maximum Gasteiger partial charge on any atom is 0.223 e. The molecule has 0 aromatic heterocycles. The number of rotatable bonds is 4. The van der Waals surface area contributed by atoms with Gasteiger partial charge in [0.25, 0.3) is 0 Å². The first-order valence-corrected chi connectivity index (χ1v) is 9.43. The molecule has 3 aromatic rings. The third kappa shape index (κ3) is 3.44. The van der Waals surface area contributed by atoms with Crippen LogP contribution in [-0.2, 0) is 0 Å². The molecule has 0 bridgehead atoms. The van der Waals surface area contributed by atoms with E-state index >= 15 is 0 Å². The third-order valence-corrected chi connectivity index (χ3v) is 4.92. The monoisotopic (exact) mass is 538 g/mol. The average molecular weight is 538 g/mol. The summed E-state index contributed by atoms with van der Waals surface area (Å²) in [6.07, 6.45) is 0. The second-order valence-corrected chi connectivity index (χ2v) is 7.15. The molecule has 0 aliphatic carbocycles. The van der Waals surface area contributed by atoms with Crippen LogP contribution >= 0.6 is 45.2 Å². The van der Waals surface area contributed by atoms with Crippen molar-refractivity contribution in [3.8, 4) is 22.3 Å². The van der Waals surface area contributed by atoms with Crippen LogP contribution < -0.4 is 0 Å². The first-order chi connectivity index (χ1) is 11.6. The van der Waals surface area contributed by atoms with E-state index in [4.69, 9.17) is 0 Å². The Labute approximate surface area is 167 Å². The van der Waals surface area contributed by atoms with E-state index in [0.717, 1.165) is 22.3 Å². The molecular formula is C20H12I2O2. The molecule has 0 aliphatic heterocycles. The minimum absolute atomic E-state index is 0.0453. The van der Waals surface area contributed by atoms with Gasteiger partial charge in [0, 0.05) is 67.4 Å². The normalized spacial score (nSPS) is 10.4. The highest BCUT2D eigenvalue weighted by Crippen LogP contribution is 2.39. The van der Waals surface area contributed by atoms with E-state index in [1.54, 1.807) is 57.3 Å². The van der Waals surface area contributed by atoms with E-state index in [-0.39, 0.29) is 7.58 Å². The lowest BCUT2D eigenvalue weighted by molar-refractivity contribution is 0.109.